The van der Waals surface area contributed by atoms with E-state index < -0.39 is 0 Å². The zero-order valence-electron chi connectivity index (χ0n) is 10.2. The van der Waals surface area contributed by atoms with Crippen molar-refractivity contribution in [3.8, 4) is 6.07 Å². The maximum Gasteiger partial charge on any atom is 0.0683 e. The van der Waals surface area contributed by atoms with Crippen LogP contribution in [0.4, 0.5) is 0 Å². The molecule has 1 aliphatic heterocycles. The molecule has 1 rings (SSSR count). The van der Waals surface area contributed by atoms with Gasteiger partial charge in [-0.3, -0.25) is 0 Å². The zero-order valence-corrected chi connectivity index (χ0v) is 10.2. The molecule has 0 spiro atoms. The van der Waals surface area contributed by atoms with Crippen LogP contribution in [0.3, 0.4) is 0 Å². The van der Waals surface area contributed by atoms with Crippen molar-refractivity contribution in [3.63, 3.8) is 0 Å². The molecule has 1 aliphatic rings. The van der Waals surface area contributed by atoms with Crippen molar-refractivity contribution in [1.82, 2.24) is 10.2 Å². The van der Waals surface area contributed by atoms with Crippen molar-refractivity contribution in [2.45, 2.75) is 39.2 Å². The molecule has 1 atom stereocenters. The highest BCUT2D eigenvalue weighted by molar-refractivity contribution is 4.91. The first-order valence-corrected chi connectivity index (χ1v) is 5.87. The number of likely N-dealkylation sites (N-methyl/N-ethyl adjacent to an activating group) is 1. The molecule has 1 N–H and O–H groups in total. The molecular formula is C12H23N3. The standard InChI is InChI=1S/C12H23N3/c1-12(2,10-13)6-4-7-14-11-5-8-15(3)9-11/h11,14H,4-9H2,1-3H3. The topological polar surface area (TPSA) is 39.1 Å². The molecule has 0 aromatic heterocycles. The summed E-state index contributed by atoms with van der Waals surface area (Å²) >= 11 is 0. The summed E-state index contributed by atoms with van der Waals surface area (Å²) in [4.78, 5) is 2.36. The van der Waals surface area contributed by atoms with E-state index in [4.69, 9.17) is 5.26 Å². The van der Waals surface area contributed by atoms with Gasteiger partial charge in [0.15, 0.2) is 0 Å². The van der Waals surface area contributed by atoms with Gasteiger partial charge in [-0.1, -0.05) is 0 Å². The van der Waals surface area contributed by atoms with E-state index in [-0.39, 0.29) is 5.41 Å². The van der Waals surface area contributed by atoms with Crippen LogP contribution in [0.5, 0.6) is 0 Å². The van der Waals surface area contributed by atoms with E-state index >= 15 is 0 Å². The first kappa shape index (κ1) is 12.5. The van der Waals surface area contributed by atoms with Crippen LogP contribution in [-0.2, 0) is 0 Å². The maximum absolute atomic E-state index is 8.86. The van der Waals surface area contributed by atoms with E-state index in [1.54, 1.807) is 0 Å². The van der Waals surface area contributed by atoms with Gasteiger partial charge in [-0.05, 0) is 53.2 Å². The second-order valence-electron chi connectivity index (χ2n) is 5.30. The largest absolute Gasteiger partial charge is 0.313 e. The molecule has 3 heteroatoms. The van der Waals surface area contributed by atoms with Crippen LogP contribution >= 0.6 is 0 Å². The van der Waals surface area contributed by atoms with Gasteiger partial charge in [0.1, 0.15) is 0 Å². The third kappa shape index (κ3) is 4.63. The maximum atomic E-state index is 8.86. The highest BCUT2D eigenvalue weighted by Crippen LogP contribution is 2.20. The summed E-state index contributed by atoms with van der Waals surface area (Å²) < 4.78 is 0. The fraction of sp³-hybridized carbons (Fsp3) is 0.917. The summed E-state index contributed by atoms with van der Waals surface area (Å²) in [6.45, 7) is 7.44. The Hall–Kier alpha value is -0.590. The lowest BCUT2D eigenvalue weighted by Gasteiger charge is -2.16. The number of hydrogen-bond acceptors (Lipinski definition) is 3. The molecule has 1 heterocycles. The smallest absolute Gasteiger partial charge is 0.0683 e. The van der Waals surface area contributed by atoms with Crippen LogP contribution in [0.2, 0.25) is 0 Å². The molecule has 0 radical (unpaired) electrons. The number of hydrogen-bond donors (Lipinski definition) is 1. The highest BCUT2D eigenvalue weighted by atomic mass is 15.2. The third-order valence-electron chi connectivity index (χ3n) is 3.11. The number of likely N-dealkylation sites (tertiary alicyclic amines) is 1. The monoisotopic (exact) mass is 209 g/mol. The highest BCUT2D eigenvalue weighted by Gasteiger charge is 2.19. The van der Waals surface area contributed by atoms with Crippen LogP contribution in [0, 0.1) is 16.7 Å². The lowest BCUT2D eigenvalue weighted by atomic mass is 9.90. The minimum atomic E-state index is -0.159. The Bertz CT molecular complexity index is 230. The van der Waals surface area contributed by atoms with Gasteiger partial charge >= 0.3 is 0 Å². The molecule has 0 aromatic carbocycles. The van der Waals surface area contributed by atoms with E-state index in [0.29, 0.717) is 6.04 Å². The summed E-state index contributed by atoms with van der Waals surface area (Å²) in [5.74, 6) is 0. The molecule has 3 nitrogen and oxygen atoms in total. The van der Waals surface area contributed by atoms with Crippen LogP contribution < -0.4 is 5.32 Å². The average Bonchev–Trinajstić information content (AvgIpc) is 2.59. The molecule has 1 saturated heterocycles. The molecule has 86 valence electrons. The third-order valence-corrected chi connectivity index (χ3v) is 3.11. The summed E-state index contributed by atoms with van der Waals surface area (Å²) in [6.07, 6.45) is 3.35. The second-order valence-corrected chi connectivity index (χ2v) is 5.30. The van der Waals surface area contributed by atoms with E-state index in [1.807, 2.05) is 13.8 Å². The minimum absolute atomic E-state index is 0.159. The molecule has 0 saturated carbocycles. The number of rotatable bonds is 5. The lowest BCUT2D eigenvalue weighted by Crippen LogP contribution is -2.32. The lowest BCUT2D eigenvalue weighted by molar-refractivity contribution is 0.386. The van der Waals surface area contributed by atoms with Gasteiger partial charge in [-0.15, -0.1) is 0 Å². The number of nitrogens with one attached hydrogen (secondary N) is 1. The SMILES string of the molecule is CN1CCC(NCCCC(C)(C)C#N)C1. The molecule has 0 aliphatic carbocycles. The first-order valence-electron chi connectivity index (χ1n) is 5.87. The van der Waals surface area contributed by atoms with E-state index in [2.05, 4.69) is 23.3 Å². The van der Waals surface area contributed by atoms with Gasteiger partial charge in [-0.2, -0.15) is 5.26 Å². The molecule has 0 bridgehead atoms. The van der Waals surface area contributed by atoms with Crippen LogP contribution in [0.15, 0.2) is 0 Å². The summed E-state index contributed by atoms with van der Waals surface area (Å²) in [5.41, 5.74) is -0.159. The van der Waals surface area contributed by atoms with Crippen LogP contribution in [0.25, 0.3) is 0 Å². The normalized spacial score (nSPS) is 22.9. The predicted molar refractivity (Wildman–Crippen MR) is 62.5 cm³/mol. The predicted octanol–water partition coefficient (Wildman–Crippen LogP) is 1.61. The average molecular weight is 209 g/mol. The van der Waals surface area contributed by atoms with Crippen LogP contribution in [-0.4, -0.2) is 37.6 Å². The Morgan fingerprint density at radius 3 is 2.80 bits per heavy atom. The van der Waals surface area contributed by atoms with Gasteiger partial charge in [0.25, 0.3) is 0 Å². The minimum Gasteiger partial charge on any atom is -0.313 e. The molecule has 0 amide bonds. The van der Waals surface area contributed by atoms with E-state index in [9.17, 15) is 0 Å². The quantitative estimate of drug-likeness (QED) is 0.699. The Morgan fingerprint density at radius 1 is 1.53 bits per heavy atom. The van der Waals surface area contributed by atoms with Crippen molar-refractivity contribution in [3.05, 3.63) is 0 Å². The molecule has 1 unspecified atom stereocenters. The van der Waals surface area contributed by atoms with E-state index in [1.165, 1.54) is 19.5 Å². The summed E-state index contributed by atoms with van der Waals surface area (Å²) in [6, 6.07) is 3.01. The van der Waals surface area contributed by atoms with Crippen molar-refractivity contribution in [2.75, 3.05) is 26.7 Å². The van der Waals surface area contributed by atoms with Gasteiger partial charge in [-0.25, -0.2) is 0 Å². The zero-order chi connectivity index (χ0) is 11.3. The van der Waals surface area contributed by atoms with Gasteiger partial charge in [0.05, 0.1) is 11.5 Å². The Kier molecular flexibility index (Phi) is 4.56. The van der Waals surface area contributed by atoms with Gasteiger partial charge in [0, 0.05) is 12.6 Å². The Morgan fingerprint density at radius 2 is 2.27 bits per heavy atom. The van der Waals surface area contributed by atoms with Crippen LogP contribution in [0.1, 0.15) is 33.1 Å². The molecule has 0 aromatic rings. The fourth-order valence-corrected chi connectivity index (χ4v) is 1.99. The summed E-state index contributed by atoms with van der Waals surface area (Å²) in [7, 11) is 2.17. The molecular weight excluding hydrogens is 186 g/mol. The second kappa shape index (κ2) is 5.48. The van der Waals surface area contributed by atoms with Crippen molar-refractivity contribution >= 4 is 0 Å². The number of nitrogens with zero attached hydrogens (tertiary/aromatic N) is 2. The van der Waals surface area contributed by atoms with Gasteiger partial charge < -0.3 is 10.2 Å². The first-order chi connectivity index (χ1) is 7.03. The Balaban J connectivity index is 2.05. The summed E-state index contributed by atoms with van der Waals surface area (Å²) in [5, 5.41) is 12.4. The Labute approximate surface area is 93.5 Å². The van der Waals surface area contributed by atoms with E-state index in [0.717, 1.165) is 19.4 Å². The van der Waals surface area contributed by atoms with Crippen molar-refractivity contribution in [1.29, 1.82) is 5.26 Å². The number of nitriles is 1. The molecule has 15 heavy (non-hydrogen) atoms. The fourth-order valence-electron chi connectivity index (χ4n) is 1.99. The molecule has 1 fully saturated rings. The van der Waals surface area contributed by atoms with Gasteiger partial charge in [0.2, 0.25) is 0 Å². The van der Waals surface area contributed by atoms with Crippen molar-refractivity contribution < 1.29 is 0 Å². The van der Waals surface area contributed by atoms with Crippen molar-refractivity contribution in [2.24, 2.45) is 5.41 Å².